The molecule has 1 amide bonds. The molecule has 2 rings (SSSR count). The maximum absolute atomic E-state index is 12.3. The number of nitrogens with two attached hydrogens (primary N) is 1. The van der Waals surface area contributed by atoms with E-state index in [2.05, 4.69) is 27.9 Å². The van der Waals surface area contributed by atoms with E-state index in [-0.39, 0.29) is 10.9 Å². The average molecular weight is 417 g/mol. The van der Waals surface area contributed by atoms with E-state index >= 15 is 0 Å². The van der Waals surface area contributed by atoms with Crippen molar-refractivity contribution >= 4 is 63.0 Å². The normalized spacial score (nSPS) is 10.1. The number of carbonyl (C=O) groups excluding carboxylic acids is 1. The van der Waals surface area contributed by atoms with E-state index in [1.807, 2.05) is 6.07 Å². The Morgan fingerprint density at radius 1 is 1.20 bits per heavy atom. The van der Waals surface area contributed by atoms with Crippen LogP contribution in [0.3, 0.4) is 0 Å². The lowest BCUT2D eigenvalue weighted by Gasteiger charge is -2.11. The fourth-order valence-electron chi connectivity index (χ4n) is 1.67. The lowest BCUT2D eigenvalue weighted by atomic mass is 10.1. The number of benzene rings is 2. The molecular formula is C14H10ClIN2OS. The molecule has 0 aliphatic heterocycles. The van der Waals surface area contributed by atoms with E-state index in [0.29, 0.717) is 21.8 Å². The highest BCUT2D eigenvalue weighted by molar-refractivity contribution is 14.1. The fraction of sp³-hybridized carbons (Fsp3) is 0. The van der Waals surface area contributed by atoms with Crippen LogP contribution >= 0.6 is 46.4 Å². The third kappa shape index (κ3) is 3.47. The predicted octanol–water partition coefficient (Wildman–Crippen LogP) is 3.83. The van der Waals surface area contributed by atoms with Gasteiger partial charge in [-0.3, -0.25) is 4.79 Å². The summed E-state index contributed by atoms with van der Waals surface area (Å²) in [6.45, 7) is 0. The number of amides is 1. The van der Waals surface area contributed by atoms with Crippen molar-refractivity contribution in [3.63, 3.8) is 0 Å². The molecule has 0 aromatic heterocycles. The minimum absolute atomic E-state index is 0.238. The van der Waals surface area contributed by atoms with Gasteiger partial charge in [-0.15, -0.1) is 0 Å². The second kappa shape index (κ2) is 6.51. The van der Waals surface area contributed by atoms with Gasteiger partial charge >= 0.3 is 0 Å². The van der Waals surface area contributed by atoms with Gasteiger partial charge < -0.3 is 11.1 Å². The Morgan fingerprint density at radius 2 is 1.90 bits per heavy atom. The highest BCUT2D eigenvalue weighted by Gasteiger charge is 2.13. The first kappa shape index (κ1) is 15.2. The highest BCUT2D eigenvalue weighted by atomic mass is 127. The van der Waals surface area contributed by atoms with Gasteiger partial charge in [-0.1, -0.05) is 36.0 Å². The number of anilines is 1. The molecule has 3 N–H and O–H groups in total. The van der Waals surface area contributed by atoms with Crippen LogP contribution in [0.15, 0.2) is 42.5 Å². The van der Waals surface area contributed by atoms with Crippen LogP contribution in [-0.2, 0) is 0 Å². The molecule has 2 aromatic rings. The predicted molar refractivity (Wildman–Crippen MR) is 94.5 cm³/mol. The Kier molecular flexibility index (Phi) is 4.95. The Balaban J connectivity index is 2.33. The summed E-state index contributed by atoms with van der Waals surface area (Å²) in [6.07, 6.45) is 0. The quantitative estimate of drug-likeness (QED) is 0.591. The van der Waals surface area contributed by atoms with Crippen LogP contribution in [0, 0.1) is 3.57 Å². The summed E-state index contributed by atoms with van der Waals surface area (Å²) in [5, 5.41) is 3.32. The molecule has 0 bridgehead atoms. The maximum atomic E-state index is 12.3. The second-order valence-corrected chi connectivity index (χ2v) is 6.03. The summed E-state index contributed by atoms with van der Waals surface area (Å²) in [5.74, 6) is -0.249. The molecule has 0 radical (unpaired) electrons. The first-order valence-corrected chi connectivity index (χ1v) is 7.51. The van der Waals surface area contributed by atoms with E-state index in [1.54, 1.807) is 36.4 Å². The van der Waals surface area contributed by atoms with Crippen molar-refractivity contribution in [3.8, 4) is 0 Å². The minimum atomic E-state index is -0.249. The van der Waals surface area contributed by atoms with Gasteiger partial charge in [-0.25, -0.2) is 0 Å². The third-order valence-corrected chi connectivity index (χ3v) is 4.01. The molecule has 2 aromatic carbocycles. The van der Waals surface area contributed by atoms with Crippen LogP contribution < -0.4 is 11.1 Å². The Hall–Kier alpha value is -1.18. The van der Waals surface area contributed by atoms with Gasteiger partial charge in [0, 0.05) is 14.2 Å². The Bertz CT molecular complexity index is 691. The molecule has 0 heterocycles. The van der Waals surface area contributed by atoms with Crippen molar-refractivity contribution in [2.75, 3.05) is 5.32 Å². The van der Waals surface area contributed by atoms with Gasteiger partial charge in [0.1, 0.15) is 4.99 Å². The van der Waals surface area contributed by atoms with Gasteiger partial charge in [0.25, 0.3) is 5.91 Å². The molecule has 3 nitrogen and oxygen atoms in total. The summed E-state index contributed by atoms with van der Waals surface area (Å²) in [7, 11) is 0. The van der Waals surface area contributed by atoms with Gasteiger partial charge in [0.2, 0.25) is 0 Å². The van der Waals surface area contributed by atoms with Crippen LogP contribution in [0.1, 0.15) is 15.9 Å². The van der Waals surface area contributed by atoms with Crippen LogP contribution in [-0.4, -0.2) is 10.9 Å². The summed E-state index contributed by atoms with van der Waals surface area (Å²) >= 11 is 13.0. The topological polar surface area (TPSA) is 55.1 Å². The van der Waals surface area contributed by atoms with Crippen LogP contribution in [0.5, 0.6) is 0 Å². The van der Waals surface area contributed by atoms with Gasteiger partial charge in [-0.05, 0) is 52.9 Å². The molecule has 0 spiro atoms. The van der Waals surface area contributed by atoms with E-state index in [4.69, 9.17) is 29.6 Å². The number of halogens is 2. The average Bonchev–Trinajstić information content (AvgIpc) is 2.41. The first-order valence-electron chi connectivity index (χ1n) is 5.64. The minimum Gasteiger partial charge on any atom is -0.389 e. The monoisotopic (exact) mass is 416 g/mol. The summed E-state index contributed by atoms with van der Waals surface area (Å²) in [6, 6.07) is 12.3. The molecule has 102 valence electrons. The van der Waals surface area contributed by atoms with Crippen LogP contribution in [0.4, 0.5) is 5.69 Å². The zero-order chi connectivity index (χ0) is 14.7. The molecular weight excluding hydrogens is 407 g/mol. The highest BCUT2D eigenvalue weighted by Crippen LogP contribution is 2.21. The van der Waals surface area contributed by atoms with Crippen molar-refractivity contribution in [1.29, 1.82) is 0 Å². The largest absolute Gasteiger partial charge is 0.389 e. The van der Waals surface area contributed by atoms with Gasteiger partial charge in [-0.2, -0.15) is 0 Å². The number of para-hydroxylation sites is 1. The van der Waals surface area contributed by atoms with Crippen molar-refractivity contribution in [3.05, 3.63) is 62.2 Å². The molecule has 0 unspecified atom stereocenters. The summed E-state index contributed by atoms with van der Waals surface area (Å²) < 4.78 is 0.817. The smallest absolute Gasteiger partial charge is 0.256 e. The molecule has 0 atom stereocenters. The maximum Gasteiger partial charge on any atom is 0.256 e. The van der Waals surface area contributed by atoms with Crippen molar-refractivity contribution in [2.45, 2.75) is 0 Å². The van der Waals surface area contributed by atoms with Crippen molar-refractivity contribution in [1.82, 2.24) is 0 Å². The molecule has 6 heteroatoms. The second-order valence-electron chi connectivity index (χ2n) is 3.99. The molecule has 0 fully saturated rings. The zero-order valence-electron chi connectivity index (χ0n) is 10.2. The van der Waals surface area contributed by atoms with Crippen LogP contribution in [0.25, 0.3) is 0 Å². The zero-order valence-corrected chi connectivity index (χ0v) is 13.9. The number of carbonyl (C=O) groups is 1. The lowest BCUT2D eigenvalue weighted by molar-refractivity contribution is 0.102. The van der Waals surface area contributed by atoms with Gasteiger partial charge in [0.05, 0.1) is 11.3 Å². The molecule has 0 aliphatic rings. The van der Waals surface area contributed by atoms with E-state index in [1.165, 1.54) is 0 Å². The van der Waals surface area contributed by atoms with Gasteiger partial charge in [0.15, 0.2) is 0 Å². The molecule has 0 saturated carbocycles. The Morgan fingerprint density at radius 3 is 2.60 bits per heavy atom. The standard InChI is InChI=1S/C14H10ClIN2OS/c15-8-5-6-11(16)10(7-8)14(19)18-12-4-2-1-3-9(12)13(17)20/h1-7H,(H2,17,20)(H,18,19). The number of hydrogen-bond acceptors (Lipinski definition) is 2. The number of thiocarbonyl (C=S) groups is 1. The molecule has 0 aliphatic carbocycles. The third-order valence-electron chi connectivity index (χ3n) is 2.61. The SMILES string of the molecule is NC(=S)c1ccccc1NC(=O)c1cc(Cl)ccc1I. The van der Waals surface area contributed by atoms with Crippen molar-refractivity contribution < 1.29 is 4.79 Å². The number of nitrogens with one attached hydrogen (secondary N) is 1. The molecule has 20 heavy (non-hydrogen) atoms. The van der Waals surface area contributed by atoms with E-state index in [9.17, 15) is 4.79 Å². The van der Waals surface area contributed by atoms with E-state index < -0.39 is 0 Å². The summed E-state index contributed by atoms with van der Waals surface area (Å²) in [4.78, 5) is 12.5. The molecule has 0 saturated heterocycles. The first-order chi connectivity index (χ1) is 9.49. The fourth-order valence-corrected chi connectivity index (χ4v) is 2.60. The number of hydrogen-bond donors (Lipinski definition) is 2. The number of rotatable bonds is 3. The van der Waals surface area contributed by atoms with E-state index in [0.717, 1.165) is 3.57 Å². The Labute approximate surface area is 140 Å². The summed E-state index contributed by atoms with van der Waals surface area (Å²) in [5.41, 5.74) is 7.37. The lowest BCUT2D eigenvalue weighted by Crippen LogP contribution is -2.18. The van der Waals surface area contributed by atoms with Crippen LogP contribution in [0.2, 0.25) is 5.02 Å². The van der Waals surface area contributed by atoms with Crippen molar-refractivity contribution in [2.24, 2.45) is 5.73 Å².